The Morgan fingerprint density at radius 1 is 0.932 bits per heavy atom. The second-order valence-corrected chi connectivity index (χ2v) is 17.3. The van der Waals surface area contributed by atoms with Gasteiger partial charge in [-0.15, -0.1) is 0 Å². The van der Waals surface area contributed by atoms with Crippen molar-refractivity contribution < 1.29 is 34.4 Å². The van der Waals surface area contributed by atoms with Crippen LogP contribution in [0.4, 0.5) is 0 Å². The monoisotopic (exact) mass is 614 g/mol. The van der Waals surface area contributed by atoms with Crippen LogP contribution < -0.4 is 0 Å². The van der Waals surface area contributed by atoms with E-state index >= 15 is 0 Å². The molecule has 44 heavy (non-hydrogen) atoms. The van der Waals surface area contributed by atoms with Crippen LogP contribution in [0.15, 0.2) is 23.3 Å². The quantitative estimate of drug-likeness (QED) is 0.198. The lowest BCUT2D eigenvalue weighted by Gasteiger charge is -2.73. The number of hydrogen-bond donors (Lipinski definition) is 3. The number of fused-ring (bicyclic) bond motifs is 7. The van der Waals surface area contributed by atoms with Gasteiger partial charge in [-0.25, -0.2) is 4.79 Å². The number of carbonyl (C=O) groups is 2. The highest BCUT2D eigenvalue weighted by atomic mass is 16.6. The second kappa shape index (κ2) is 10.7. The molecule has 7 nitrogen and oxygen atoms in total. The fourth-order valence-electron chi connectivity index (χ4n) is 11.6. The predicted molar refractivity (Wildman–Crippen MR) is 169 cm³/mol. The molecule has 7 heteroatoms. The third-order valence-corrected chi connectivity index (χ3v) is 14.5. The summed E-state index contributed by atoms with van der Waals surface area (Å²) in [7, 11) is 0. The summed E-state index contributed by atoms with van der Waals surface area (Å²) in [5.74, 6) is -0.559. The lowest BCUT2D eigenvalue weighted by atomic mass is 9.32. The van der Waals surface area contributed by atoms with Gasteiger partial charge < -0.3 is 24.8 Å². The van der Waals surface area contributed by atoms with Crippen LogP contribution in [-0.4, -0.2) is 58.3 Å². The first-order valence-electron chi connectivity index (χ1n) is 17.0. The van der Waals surface area contributed by atoms with E-state index in [1.54, 1.807) is 19.9 Å². The highest BCUT2D eigenvalue weighted by Crippen LogP contribution is 2.75. The largest absolute Gasteiger partial charge is 0.465 e. The molecule has 0 unspecified atom stereocenters. The molecule has 0 aromatic heterocycles. The van der Waals surface area contributed by atoms with Crippen LogP contribution in [0.25, 0.3) is 0 Å². The second-order valence-electron chi connectivity index (χ2n) is 17.3. The Kier molecular flexibility index (Phi) is 8.16. The maximum Gasteiger partial charge on any atom is 0.333 e. The summed E-state index contributed by atoms with van der Waals surface area (Å²) < 4.78 is 12.0. The van der Waals surface area contributed by atoms with E-state index in [4.69, 9.17) is 9.47 Å². The molecule has 5 rings (SSSR count). The van der Waals surface area contributed by atoms with E-state index in [1.165, 1.54) is 6.92 Å². The molecule has 0 bridgehead atoms. The number of allylic oxidation sites excluding steroid dienone is 2. The van der Waals surface area contributed by atoms with Crippen molar-refractivity contribution in [3.05, 3.63) is 23.3 Å². The molecule has 3 N–H and O–H groups in total. The molecule has 0 heterocycles. The summed E-state index contributed by atoms with van der Waals surface area (Å²) in [6, 6.07) is 0. The van der Waals surface area contributed by atoms with Crippen LogP contribution in [0.2, 0.25) is 0 Å². The molecule has 4 saturated carbocycles. The molecule has 5 aliphatic carbocycles. The predicted octanol–water partition coefficient (Wildman–Crippen LogP) is 6.14. The fourth-order valence-corrected chi connectivity index (χ4v) is 11.6. The Morgan fingerprint density at radius 2 is 1.59 bits per heavy atom. The number of hydrogen-bond acceptors (Lipinski definition) is 7. The molecule has 5 aliphatic rings. The Balaban J connectivity index is 1.67. The van der Waals surface area contributed by atoms with Gasteiger partial charge in [-0.3, -0.25) is 4.79 Å². The zero-order valence-corrected chi connectivity index (χ0v) is 28.8. The molecule has 248 valence electrons. The van der Waals surface area contributed by atoms with Crippen LogP contribution >= 0.6 is 0 Å². The maximum atomic E-state index is 13.3. The van der Waals surface area contributed by atoms with Crippen molar-refractivity contribution in [2.75, 3.05) is 6.61 Å². The van der Waals surface area contributed by atoms with E-state index in [1.807, 2.05) is 0 Å². The van der Waals surface area contributed by atoms with Crippen molar-refractivity contribution in [2.24, 2.45) is 50.2 Å². The summed E-state index contributed by atoms with van der Waals surface area (Å²) in [5.41, 5.74) is -1.09. The number of rotatable bonds is 4. The minimum Gasteiger partial charge on any atom is -0.465 e. The van der Waals surface area contributed by atoms with Gasteiger partial charge in [-0.2, -0.15) is 0 Å². The molecule has 0 amide bonds. The summed E-state index contributed by atoms with van der Waals surface area (Å²) in [5, 5.41) is 36.1. The molecule has 0 spiro atoms. The van der Waals surface area contributed by atoms with Gasteiger partial charge in [0.1, 0.15) is 12.7 Å². The van der Waals surface area contributed by atoms with Crippen LogP contribution in [-0.2, 0) is 19.1 Å². The van der Waals surface area contributed by atoms with Gasteiger partial charge in [0.05, 0.1) is 23.7 Å². The Bertz CT molecular complexity index is 1250. The molecule has 0 aromatic rings. The van der Waals surface area contributed by atoms with Gasteiger partial charge in [0.15, 0.2) is 0 Å². The lowest BCUT2D eigenvalue weighted by molar-refractivity contribution is -0.275. The summed E-state index contributed by atoms with van der Waals surface area (Å²) in [4.78, 5) is 25.5. The number of aliphatic hydroxyl groups is 3. The Hall–Kier alpha value is -1.70. The highest BCUT2D eigenvalue weighted by Gasteiger charge is 2.74. The number of ether oxygens (including phenoxy) is 2. The summed E-state index contributed by atoms with van der Waals surface area (Å²) in [6.45, 7) is 20.4. The molecule has 0 aliphatic heterocycles. The minimum atomic E-state index is -1.28. The number of esters is 2. The van der Waals surface area contributed by atoms with E-state index in [0.29, 0.717) is 17.9 Å². The first-order valence-corrected chi connectivity index (χ1v) is 17.0. The topological polar surface area (TPSA) is 113 Å². The Labute approximate surface area is 264 Å². The van der Waals surface area contributed by atoms with Crippen LogP contribution in [0, 0.1) is 50.2 Å². The minimum absolute atomic E-state index is 0.0222. The number of aliphatic hydroxyl groups excluding tert-OH is 3. The smallest absolute Gasteiger partial charge is 0.333 e. The zero-order chi connectivity index (χ0) is 32.8. The first kappa shape index (κ1) is 33.7. The van der Waals surface area contributed by atoms with Crippen molar-refractivity contribution in [1.82, 2.24) is 0 Å². The fraction of sp³-hybridized carbons (Fsp3) is 0.838. The maximum absolute atomic E-state index is 13.3. The van der Waals surface area contributed by atoms with Crippen LogP contribution in [0.3, 0.4) is 0 Å². The van der Waals surface area contributed by atoms with Crippen molar-refractivity contribution in [3.8, 4) is 0 Å². The van der Waals surface area contributed by atoms with Gasteiger partial charge in [0.25, 0.3) is 0 Å². The molecular weight excluding hydrogens is 556 g/mol. The van der Waals surface area contributed by atoms with Gasteiger partial charge in [-0.05, 0) is 98.2 Å². The van der Waals surface area contributed by atoms with Crippen molar-refractivity contribution in [3.63, 3.8) is 0 Å². The van der Waals surface area contributed by atoms with Gasteiger partial charge in [-0.1, -0.05) is 66.2 Å². The average Bonchev–Trinajstić information content (AvgIpc) is 2.93. The first-order chi connectivity index (χ1) is 20.2. The van der Waals surface area contributed by atoms with Crippen molar-refractivity contribution in [2.45, 2.75) is 139 Å². The van der Waals surface area contributed by atoms with Crippen LogP contribution in [0.5, 0.6) is 0 Å². The van der Waals surface area contributed by atoms with E-state index in [2.05, 4.69) is 54.5 Å². The molecular formula is C37H58O7. The van der Waals surface area contributed by atoms with Gasteiger partial charge in [0.2, 0.25) is 0 Å². The van der Waals surface area contributed by atoms with Crippen molar-refractivity contribution >= 4 is 11.9 Å². The van der Waals surface area contributed by atoms with Crippen molar-refractivity contribution in [1.29, 1.82) is 0 Å². The number of carbonyl (C=O) groups excluding carboxylic acids is 2. The SMILES string of the molecule is C/C=C(/C)C(=O)O[C@H]1CC(C)(C)C[C@H]2C3=CC[C@@H]4[C@@]5(C)CC[C@H](O)C(C)(C)[C@@H]5CC[C@@]4(C)[C@]3(C)[C@@H](O)[C@@H](O)[C@@]12COC(C)=O. The van der Waals surface area contributed by atoms with Crippen LogP contribution in [0.1, 0.15) is 114 Å². The molecule has 4 fully saturated rings. The van der Waals surface area contributed by atoms with Gasteiger partial charge in [0, 0.05) is 17.9 Å². The Morgan fingerprint density at radius 3 is 2.20 bits per heavy atom. The normalized spacial score (nSPS) is 47.6. The highest BCUT2D eigenvalue weighted by molar-refractivity contribution is 5.87. The average molecular weight is 615 g/mol. The summed E-state index contributed by atoms with van der Waals surface area (Å²) in [6.07, 6.45) is 6.15. The molecule has 0 saturated heterocycles. The van der Waals surface area contributed by atoms with Gasteiger partial charge >= 0.3 is 11.9 Å². The zero-order valence-electron chi connectivity index (χ0n) is 28.8. The third-order valence-electron chi connectivity index (χ3n) is 14.5. The summed E-state index contributed by atoms with van der Waals surface area (Å²) >= 11 is 0. The van der Waals surface area contributed by atoms with E-state index < -0.39 is 41.1 Å². The van der Waals surface area contributed by atoms with E-state index in [-0.39, 0.29) is 46.2 Å². The molecule has 0 aromatic carbocycles. The molecule has 0 radical (unpaired) electrons. The van der Waals surface area contributed by atoms with E-state index in [9.17, 15) is 24.9 Å². The third kappa shape index (κ3) is 4.45. The van der Waals surface area contributed by atoms with E-state index in [0.717, 1.165) is 44.1 Å². The lowest BCUT2D eigenvalue weighted by Crippen LogP contribution is -2.74. The standard InChI is InChI=1S/C37H58O7/c1-11-21(2)31(42)44-28-19-32(4,5)18-24-23-12-13-26-34(8)16-15-27(39)33(6,7)25(34)14-17-35(26,9)36(23,10)29(40)30(41)37(24,28)20-43-22(3)38/h11-12,24-30,39-41H,13-20H2,1-10H3/b21-11-/t24-,25-,26+,27-,28-,29-,30+,34-,35+,36-,37+/m0/s1. The molecule has 11 atom stereocenters.